The molecule has 0 fully saturated rings. The molecule has 10 nitrogen and oxygen atoms in total. The number of aromatic amines is 4. The normalized spacial score (nSPS) is 11.2. The molecular formula is C35H44N4O6. The van der Waals surface area contributed by atoms with Crippen molar-refractivity contribution in [3.05, 3.63) is 91.8 Å². The van der Waals surface area contributed by atoms with Gasteiger partial charge in [0.05, 0.1) is 14.2 Å². The van der Waals surface area contributed by atoms with Crippen molar-refractivity contribution in [2.45, 2.75) is 72.6 Å². The summed E-state index contributed by atoms with van der Waals surface area (Å²) in [4.78, 5) is 37.2. The first-order chi connectivity index (χ1) is 21.4. The monoisotopic (exact) mass is 616 g/mol. The van der Waals surface area contributed by atoms with E-state index in [2.05, 4.69) is 33.1 Å². The van der Waals surface area contributed by atoms with Crippen LogP contribution < -0.4 is 9.47 Å². The molecule has 0 aliphatic carbocycles. The van der Waals surface area contributed by atoms with Crippen LogP contribution in [-0.2, 0) is 41.7 Å². The summed E-state index contributed by atoms with van der Waals surface area (Å²) in [6.07, 6.45) is 5.92. The lowest BCUT2D eigenvalue weighted by molar-refractivity contribution is -0.138. The lowest BCUT2D eigenvalue weighted by atomic mass is 9.97. The topological polar surface area (TPSA) is 156 Å². The number of carboxylic acid groups (broad SMARTS) is 2. The van der Waals surface area contributed by atoms with Crippen LogP contribution in [0.2, 0.25) is 0 Å². The minimum atomic E-state index is -0.863. The molecule has 4 aromatic rings. The van der Waals surface area contributed by atoms with Crippen LogP contribution in [0.1, 0.15) is 91.5 Å². The van der Waals surface area contributed by atoms with Gasteiger partial charge in [0, 0.05) is 83.0 Å². The second kappa shape index (κ2) is 13.8. The van der Waals surface area contributed by atoms with Gasteiger partial charge in [0.25, 0.3) is 0 Å². The molecule has 0 radical (unpaired) electrons. The molecular weight excluding hydrogens is 572 g/mol. The standard InChI is InChI=1S/C35H44N4O6/c1-9-22-21(6)34(44-7)39-29(22)16-27-20(5)25(12-14-33(42)43)31(37-27)17-30-24(11-13-32(40)41)19(4)26(36-30)15-28-18(3)23(10-2)35(38-28)45-8/h9-10,36-39H,1-2,11-17H2,3-8H3,(H,40,41)(H,42,43). The van der Waals surface area contributed by atoms with Gasteiger partial charge >= 0.3 is 11.9 Å². The maximum atomic E-state index is 11.6. The zero-order chi connectivity index (χ0) is 33.0. The van der Waals surface area contributed by atoms with Crippen LogP contribution in [0.15, 0.2) is 13.2 Å². The molecule has 0 spiro atoms. The first kappa shape index (κ1) is 33.0. The first-order valence-electron chi connectivity index (χ1n) is 15.0. The summed E-state index contributed by atoms with van der Waals surface area (Å²) in [6, 6.07) is 0. The lowest BCUT2D eigenvalue weighted by Gasteiger charge is -2.07. The molecule has 0 unspecified atom stereocenters. The zero-order valence-electron chi connectivity index (χ0n) is 27.0. The molecule has 0 atom stereocenters. The Hall–Kier alpha value is -4.86. The highest BCUT2D eigenvalue weighted by Crippen LogP contribution is 2.33. The van der Waals surface area contributed by atoms with E-state index in [1.807, 2.05) is 33.8 Å². The molecule has 45 heavy (non-hydrogen) atoms. The van der Waals surface area contributed by atoms with Gasteiger partial charge in [-0.15, -0.1) is 0 Å². The van der Waals surface area contributed by atoms with E-state index in [1.165, 1.54) is 0 Å². The number of nitrogens with one attached hydrogen (secondary N) is 4. The van der Waals surface area contributed by atoms with Gasteiger partial charge < -0.3 is 39.6 Å². The van der Waals surface area contributed by atoms with E-state index < -0.39 is 11.9 Å². The molecule has 240 valence electrons. The van der Waals surface area contributed by atoms with Gasteiger partial charge in [-0.2, -0.15) is 0 Å². The van der Waals surface area contributed by atoms with Gasteiger partial charge in [-0.1, -0.05) is 25.3 Å². The summed E-state index contributed by atoms with van der Waals surface area (Å²) in [5.74, 6) is -0.390. The molecule has 10 heteroatoms. The van der Waals surface area contributed by atoms with Crippen molar-refractivity contribution in [2.75, 3.05) is 14.2 Å². The molecule has 4 aromatic heterocycles. The largest absolute Gasteiger partial charge is 0.482 e. The molecule has 0 bridgehead atoms. The Kier molecular flexibility index (Phi) is 10.2. The van der Waals surface area contributed by atoms with Crippen molar-refractivity contribution in [1.29, 1.82) is 0 Å². The van der Waals surface area contributed by atoms with Gasteiger partial charge in [0.1, 0.15) is 0 Å². The maximum absolute atomic E-state index is 11.6. The fourth-order valence-electron chi connectivity index (χ4n) is 6.33. The van der Waals surface area contributed by atoms with E-state index in [-0.39, 0.29) is 12.8 Å². The Morgan fingerprint density at radius 1 is 0.600 bits per heavy atom. The van der Waals surface area contributed by atoms with Crippen LogP contribution in [0.4, 0.5) is 0 Å². The van der Waals surface area contributed by atoms with Crippen LogP contribution in [-0.4, -0.2) is 56.3 Å². The third-order valence-corrected chi connectivity index (χ3v) is 8.90. The van der Waals surface area contributed by atoms with E-state index >= 15 is 0 Å². The number of aromatic nitrogens is 4. The maximum Gasteiger partial charge on any atom is 0.303 e. The molecule has 0 aromatic carbocycles. The predicted molar refractivity (Wildman–Crippen MR) is 176 cm³/mol. The van der Waals surface area contributed by atoms with E-state index in [4.69, 9.17) is 9.47 Å². The predicted octanol–water partition coefficient (Wildman–Crippen LogP) is 6.34. The number of hydrogen-bond donors (Lipinski definition) is 6. The summed E-state index contributed by atoms with van der Waals surface area (Å²) in [5, 5.41) is 19.0. The number of H-pyrrole nitrogens is 4. The molecule has 0 aliphatic rings. The molecule has 0 amide bonds. The number of rotatable bonds is 16. The van der Waals surface area contributed by atoms with Crippen LogP contribution in [0.25, 0.3) is 12.2 Å². The molecule has 6 N–H and O–H groups in total. The van der Waals surface area contributed by atoms with Gasteiger partial charge in [-0.25, -0.2) is 0 Å². The molecule has 0 saturated carbocycles. The number of methoxy groups -OCH3 is 2. The third-order valence-electron chi connectivity index (χ3n) is 8.90. The fraction of sp³-hybridized carbons (Fsp3) is 0.371. The van der Waals surface area contributed by atoms with Crippen LogP contribution in [0.5, 0.6) is 11.8 Å². The highest BCUT2D eigenvalue weighted by atomic mass is 16.5. The Morgan fingerprint density at radius 2 is 1.02 bits per heavy atom. The van der Waals surface area contributed by atoms with Crippen molar-refractivity contribution in [2.24, 2.45) is 0 Å². The highest BCUT2D eigenvalue weighted by molar-refractivity contribution is 5.68. The fourth-order valence-corrected chi connectivity index (χ4v) is 6.33. The SMILES string of the molecule is C=Cc1c(Cc2[nH]c(Cc3[nH]c(Cc4[nH]c(OC)c(C=C)c4C)c(C)c3CCC(=O)O)c(CCC(=O)O)c2C)[nH]c(OC)c1C. The minimum Gasteiger partial charge on any atom is -0.482 e. The quantitative estimate of drug-likeness (QED) is 0.0862. The van der Waals surface area contributed by atoms with Crippen LogP contribution in [0.3, 0.4) is 0 Å². The summed E-state index contributed by atoms with van der Waals surface area (Å²) < 4.78 is 11.0. The molecule has 0 aliphatic heterocycles. The Labute approximate surface area is 263 Å². The van der Waals surface area contributed by atoms with Crippen molar-refractivity contribution < 1.29 is 29.3 Å². The number of aliphatic carboxylic acids is 2. The lowest BCUT2D eigenvalue weighted by Crippen LogP contribution is -2.04. The van der Waals surface area contributed by atoms with E-state index in [0.717, 1.165) is 78.7 Å². The Bertz CT molecular complexity index is 1750. The second-order valence-corrected chi connectivity index (χ2v) is 11.4. The summed E-state index contributed by atoms with van der Waals surface area (Å²) in [5.41, 5.74) is 13.6. The number of ether oxygens (including phenoxy) is 2. The van der Waals surface area contributed by atoms with Crippen molar-refractivity contribution in [3.8, 4) is 11.8 Å². The van der Waals surface area contributed by atoms with Crippen molar-refractivity contribution >= 4 is 24.1 Å². The smallest absolute Gasteiger partial charge is 0.303 e. The molecule has 0 saturated heterocycles. The molecule has 4 heterocycles. The first-order valence-corrected chi connectivity index (χ1v) is 15.0. The number of carbonyl (C=O) groups is 2. The average molecular weight is 617 g/mol. The van der Waals surface area contributed by atoms with Gasteiger partial charge in [0.15, 0.2) is 11.8 Å². The van der Waals surface area contributed by atoms with Crippen LogP contribution >= 0.6 is 0 Å². The summed E-state index contributed by atoms with van der Waals surface area (Å²) >= 11 is 0. The zero-order valence-corrected chi connectivity index (χ0v) is 27.0. The van der Waals surface area contributed by atoms with Gasteiger partial charge in [0.2, 0.25) is 0 Å². The highest BCUT2D eigenvalue weighted by Gasteiger charge is 2.23. The van der Waals surface area contributed by atoms with Gasteiger partial charge in [-0.05, 0) is 68.4 Å². The summed E-state index contributed by atoms with van der Waals surface area (Å²) in [7, 11) is 3.24. The van der Waals surface area contributed by atoms with E-state index in [0.29, 0.717) is 43.9 Å². The third kappa shape index (κ3) is 6.79. The van der Waals surface area contributed by atoms with Crippen molar-refractivity contribution in [3.63, 3.8) is 0 Å². The van der Waals surface area contributed by atoms with E-state index in [1.54, 1.807) is 20.3 Å². The second-order valence-electron chi connectivity index (χ2n) is 11.4. The minimum absolute atomic E-state index is 0.000309. The average Bonchev–Trinajstić information content (AvgIpc) is 3.67. The Morgan fingerprint density at radius 3 is 1.44 bits per heavy atom. The van der Waals surface area contributed by atoms with Crippen LogP contribution in [0, 0.1) is 27.7 Å². The number of carboxylic acids is 2. The summed E-state index contributed by atoms with van der Waals surface area (Å²) in [6.45, 7) is 15.9. The van der Waals surface area contributed by atoms with E-state index in [9.17, 15) is 19.8 Å². The van der Waals surface area contributed by atoms with Crippen molar-refractivity contribution in [1.82, 2.24) is 19.9 Å². The van der Waals surface area contributed by atoms with Gasteiger partial charge in [-0.3, -0.25) is 9.59 Å². The number of hydrogen-bond acceptors (Lipinski definition) is 4. The molecule has 4 rings (SSSR count). The Balaban J connectivity index is 1.77.